The third kappa shape index (κ3) is 3.10. The molecule has 1 aliphatic carbocycles. The lowest BCUT2D eigenvalue weighted by molar-refractivity contribution is 0.0157. The van der Waals surface area contributed by atoms with Gasteiger partial charge in [-0.15, -0.1) is 0 Å². The van der Waals surface area contributed by atoms with Crippen molar-refractivity contribution in [1.82, 2.24) is 4.90 Å². The van der Waals surface area contributed by atoms with Crippen LogP contribution >= 0.6 is 0 Å². The second-order valence-corrected chi connectivity index (χ2v) is 5.83. The topological polar surface area (TPSA) is 38.5 Å². The standard InChI is InChI=1S/C16H24N2O/c17-16-8-4-5-13-11-18(12-15(13)16)9-10-19-14-6-2-1-3-7-14/h4-5,8,14H,1-3,6-7,9-12,17H2. The van der Waals surface area contributed by atoms with Crippen molar-refractivity contribution in [2.45, 2.75) is 51.3 Å². The van der Waals surface area contributed by atoms with E-state index in [9.17, 15) is 0 Å². The van der Waals surface area contributed by atoms with Gasteiger partial charge in [-0.1, -0.05) is 31.4 Å². The van der Waals surface area contributed by atoms with E-state index in [1.165, 1.54) is 43.2 Å². The number of nitrogens with two attached hydrogens (primary N) is 1. The van der Waals surface area contributed by atoms with Crippen molar-refractivity contribution < 1.29 is 4.74 Å². The molecule has 3 rings (SSSR count). The highest BCUT2D eigenvalue weighted by Crippen LogP contribution is 2.27. The van der Waals surface area contributed by atoms with Gasteiger partial charge in [0.15, 0.2) is 0 Å². The van der Waals surface area contributed by atoms with Crippen LogP contribution in [0.5, 0.6) is 0 Å². The summed E-state index contributed by atoms with van der Waals surface area (Å²) in [4.78, 5) is 2.43. The summed E-state index contributed by atoms with van der Waals surface area (Å²) in [7, 11) is 0. The first-order valence-electron chi connectivity index (χ1n) is 7.53. The molecular formula is C16H24N2O. The number of ether oxygens (including phenoxy) is 1. The Kier molecular flexibility index (Phi) is 4.04. The molecule has 0 radical (unpaired) electrons. The minimum absolute atomic E-state index is 0.517. The molecule has 104 valence electrons. The molecule has 0 spiro atoms. The second-order valence-electron chi connectivity index (χ2n) is 5.83. The number of hydrogen-bond acceptors (Lipinski definition) is 3. The van der Waals surface area contributed by atoms with Gasteiger partial charge in [-0.2, -0.15) is 0 Å². The lowest BCUT2D eigenvalue weighted by Crippen LogP contribution is -2.25. The SMILES string of the molecule is Nc1cccc2c1CN(CCOC1CCCCC1)C2. The predicted octanol–water partition coefficient (Wildman–Crippen LogP) is 2.93. The Hall–Kier alpha value is -1.06. The number of rotatable bonds is 4. The van der Waals surface area contributed by atoms with Crippen molar-refractivity contribution in [2.24, 2.45) is 0 Å². The van der Waals surface area contributed by atoms with Gasteiger partial charge in [0.1, 0.15) is 0 Å². The maximum absolute atomic E-state index is 6.02. The second kappa shape index (κ2) is 5.93. The molecule has 3 nitrogen and oxygen atoms in total. The smallest absolute Gasteiger partial charge is 0.0597 e. The maximum Gasteiger partial charge on any atom is 0.0597 e. The van der Waals surface area contributed by atoms with Gasteiger partial charge in [0.25, 0.3) is 0 Å². The summed E-state index contributed by atoms with van der Waals surface area (Å²) in [6, 6.07) is 6.24. The van der Waals surface area contributed by atoms with E-state index in [0.29, 0.717) is 6.10 Å². The average Bonchev–Trinajstić information content (AvgIpc) is 2.84. The van der Waals surface area contributed by atoms with Gasteiger partial charge in [-0.3, -0.25) is 4.90 Å². The molecule has 0 unspecified atom stereocenters. The van der Waals surface area contributed by atoms with Gasteiger partial charge in [-0.05, 0) is 30.0 Å². The highest BCUT2D eigenvalue weighted by atomic mass is 16.5. The molecule has 1 aliphatic heterocycles. The monoisotopic (exact) mass is 260 g/mol. The number of fused-ring (bicyclic) bond motifs is 1. The first-order valence-corrected chi connectivity index (χ1v) is 7.53. The van der Waals surface area contributed by atoms with Gasteiger partial charge in [0.2, 0.25) is 0 Å². The third-order valence-corrected chi connectivity index (χ3v) is 4.40. The van der Waals surface area contributed by atoms with Gasteiger partial charge in [0.05, 0.1) is 12.7 Å². The maximum atomic E-state index is 6.02. The van der Waals surface area contributed by atoms with Crippen LogP contribution < -0.4 is 5.73 Å². The van der Waals surface area contributed by atoms with Crippen LogP contribution in [0.4, 0.5) is 5.69 Å². The largest absolute Gasteiger partial charge is 0.398 e. The summed E-state index contributed by atoms with van der Waals surface area (Å²) in [5.41, 5.74) is 9.67. The zero-order valence-corrected chi connectivity index (χ0v) is 11.6. The molecular weight excluding hydrogens is 236 g/mol. The molecule has 2 N–H and O–H groups in total. The summed E-state index contributed by atoms with van der Waals surface area (Å²) in [5.74, 6) is 0. The molecule has 0 bridgehead atoms. The molecule has 0 atom stereocenters. The summed E-state index contributed by atoms with van der Waals surface area (Å²) in [5, 5.41) is 0. The molecule has 19 heavy (non-hydrogen) atoms. The number of hydrogen-bond donors (Lipinski definition) is 1. The highest BCUT2D eigenvalue weighted by molar-refractivity contribution is 5.52. The van der Waals surface area contributed by atoms with E-state index in [1.54, 1.807) is 0 Å². The number of nitrogens with zero attached hydrogens (tertiary/aromatic N) is 1. The Morgan fingerprint density at radius 2 is 2.00 bits per heavy atom. The molecule has 1 aromatic rings. The van der Waals surface area contributed by atoms with Gasteiger partial charge < -0.3 is 10.5 Å². The summed E-state index contributed by atoms with van der Waals surface area (Å²) >= 11 is 0. The Bertz CT molecular complexity index is 427. The van der Waals surface area contributed by atoms with Crippen LogP contribution in [-0.4, -0.2) is 24.2 Å². The molecule has 1 fully saturated rings. The molecule has 1 saturated carbocycles. The molecule has 0 saturated heterocycles. The summed E-state index contributed by atoms with van der Waals surface area (Å²) in [6.45, 7) is 3.88. The Balaban J connectivity index is 1.44. The van der Waals surface area contributed by atoms with Crippen LogP contribution in [0.3, 0.4) is 0 Å². The molecule has 0 amide bonds. The van der Waals surface area contributed by atoms with Crippen molar-refractivity contribution in [1.29, 1.82) is 0 Å². The van der Waals surface area contributed by atoms with E-state index in [1.807, 2.05) is 6.07 Å². The Morgan fingerprint density at radius 1 is 1.16 bits per heavy atom. The first kappa shape index (κ1) is 12.9. The van der Waals surface area contributed by atoms with E-state index in [-0.39, 0.29) is 0 Å². The van der Waals surface area contributed by atoms with Crippen LogP contribution in [0.2, 0.25) is 0 Å². The normalized spacial score (nSPS) is 20.6. The van der Waals surface area contributed by atoms with E-state index >= 15 is 0 Å². The van der Waals surface area contributed by atoms with Crippen molar-refractivity contribution >= 4 is 5.69 Å². The quantitative estimate of drug-likeness (QED) is 0.846. The van der Waals surface area contributed by atoms with Crippen LogP contribution in [-0.2, 0) is 17.8 Å². The zero-order chi connectivity index (χ0) is 13.1. The van der Waals surface area contributed by atoms with Gasteiger partial charge >= 0.3 is 0 Å². The predicted molar refractivity (Wildman–Crippen MR) is 77.8 cm³/mol. The van der Waals surface area contributed by atoms with Crippen molar-refractivity contribution in [3.8, 4) is 0 Å². The van der Waals surface area contributed by atoms with E-state index < -0.39 is 0 Å². The minimum atomic E-state index is 0.517. The van der Waals surface area contributed by atoms with Crippen LogP contribution in [0.1, 0.15) is 43.2 Å². The van der Waals surface area contributed by atoms with Crippen molar-refractivity contribution in [3.63, 3.8) is 0 Å². The van der Waals surface area contributed by atoms with Gasteiger partial charge in [-0.25, -0.2) is 0 Å². The van der Waals surface area contributed by atoms with Crippen LogP contribution in [0.15, 0.2) is 18.2 Å². The van der Waals surface area contributed by atoms with E-state index in [4.69, 9.17) is 10.5 Å². The Morgan fingerprint density at radius 3 is 2.79 bits per heavy atom. The minimum Gasteiger partial charge on any atom is -0.398 e. The van der Waals surface area contributed by atoms with Crippen LogP contribution in [0.25, 0.3) is 0 Å². The Labute approximate surface area is 115 Å². The average molecular weight is 260 g/mol. The molecule has 1 aromatic carbocycles. The summed E-state index contributed by atoms with van der Waals surface area (Å²) in [6.07, 6.45) is 7.11. The highest BCUT2D eigenvalue weighted by Gasteiger charge is 2.21. The molecule has 1 heterocycles. The number of nitrogen functional groups attached to an aromatic ring is 1. The lowest BCUT2D eigenvalue weighted by Gasteiger charge is -2.23. The lowest BCUT2D eigenvalue weighted by atomic mass is 9.98. The first-order chi connectivity index (χ1) is 9.33. The van der Waals surface area contributed by atoms with Gasteiger partial charge in [0, 0.05) is 25.3 Å². The molecule has 2 aliphatic rings. The fourth-order valence-corrected chi connectivity index (χ4v) is 3.25. The van der Waals surface area contributed by atoms with Crippen molar-refractivity contribution in [3.05, 3.63) is 29.3 Å². The molecule has 3 heteroatoms. The zero-order valence-electron chi connectivity index (χ0n) is 11.6. The van der Waals surface area contributed by atoms with Crippen LogP contribution in [0, 0.1) is 0 Å². The van der Waals surface area contributed by atoms with E-state index in [0.717, 1.165) is 31.9 Å². The number of anilines is 1. The van der Waals surface area contributed by atoms with Crippen molar-refractivity contribution in [2.75, 3.05) is 18.9 Å². The number of benzene rings is 1. The van der Waals surface area contributed by atoms with E-state index in [2.05, 4.69) is 17.0 Å². The fraction of sp³-hybridized carbons (Fsp3) is 0.625. The third-order valence-electron chi connectivity index (χ3n) is 4.40. The fourth-order valence-electron chi connectivity index (χ4n) is 3.25. The summed E-state index contributed by atoms with van der Waals surface area (Å²) < 4.78 is 6.00. The molecule has 0 aromatic heterocycles.